The summed E-state index contributed by atoms with van der Waals surface area (Å²) in [6.45, 7) is -0.405. The first-order valence-electron chi connectivity index (χ1n) is 8.25. The fraction of sp³-hybridized carbons (Fsp3) is 0.556. The largest absolute Gasteiger partial charge is 0.453 e. The van der Waals surface area contributed by atoms with Gasteiger partial charge in [0.05, 0.1) is 53.4 Å². The number of benzene rings is 1. The Morgan fingerprint density at radius 1 is 0.808 bits per heavy atom. The van der Waals surface area contributed by atoms with Gasteiger partial charge in [-0.1, -0.05) is 12.1 Å². The third kappa shape index (κ3) is 6.38. The molecule has 0 saturated carbocycles. The summed E-state index contributed by atoms with van der Waals surface area (Å²) in [5.74, 6) is -1.45. The second kappa shape index (κ2) is 8.59. The van der Waals surface area contributed by atoms with Crippen molar-refractivity contribution >= 4 is 11.9 Å². The lowest BCUT2D eigenvalue weighted by molar-refractivity contribution is -0.918. The molecule has 2 atom stereocenters. The Kier molecular flexibility index (Phi) is 7.28. The van der Waals surface area contributed by atoms with Gasteiger partial charge in [0.2, 0.25) is 12.5 Å². The summed E-state index contributed by atoms with van der Waals surface area (Å²) >= 11 is 0. The quantitative estimate of drug-likeness (QED) is 0.382. The van der Waals surface area contributed by atoms with Gasteiger partial charge in [0, 0.05) is 0 Å². The molecule has 0 aliphatic heterocycles. The summed E-state index contributed by atoms with van der Waals surface area (Å²) in [6.07, 6.45) is -1.78. The van der Waals surface area contributed by atoms with Crippen molar-refractivity contribution in [1.82, 2.24) is 0 Å². The van der Waals surface area contributed by atoms with Gasteiger partial charge in [-0.2, -0.15) is 0 Å². The van der Waals surface area contributed by atoms with E-state index in [2.05, 4.69) is 0 Å². The van der Waals surface area contributed by atoms with Gasteiger partial charge in [-0.3, -0.25) is 0 Å². The molecule has 1 rings (SSSR count). The van der Waals surface area contributed by atoms with E-state index in [0.29, 0.717) is 0 Å². The van der Waals surface area contributed by atoms with E-state index >= 15 is 0 Å². The molecular weight excluding hydrogens is 340 g/mol. The van der Waals surface area contributed by atoms with Crippen LogP contribution in [0.15, 0.2) is 24.3 Å². The van der Waals surface area contributed by atoms with Gasteiger partial charge in [-0.15, -0.1) is 0 Å². The lowest BCUT2D eigenvalue weighted by atomic mass is 10.1. The van der Waals surface area contributed by atoms with Gasteiger partial charge in [-0.25, -0.2) is 9.59 Å². The van der Waals surface area contributed by atoms with Crippen LogP contribution in [0.3, 0.4) is 0 Å². The highest BCUT2D eigenvalue weighted by Crippen LogP contribution is 2.13. The van der Waals surface area contributed by atoms with Gasteiger partial charge in [0.1, 0.15) is 0 Å². The molecule has 0 amide bonds. The Labute approximate surface area is 154 Å². The number of hydrogen-bond donors (Lipinski definition) is 2. The van der Waals surface area contributed by atoms with Crippen molar-refractivity contribution in [2.45, 2.75) is 12.5 Å². The minimum atomic E-state index is -0.891. The maximum atomic E-state index is 12.3. The van der Waals surface area contributed by atoms with Crippen LogP contribution in [0.4, 0.5) is 0 Å². The van der Waals surface area contributed by atoms with Gasteiger partial charge in [0.15, 0.2) is 13.2 Å². The van der Waals surface area contributed by atoms with Crippen LogP contribution in [0, 0.1) is 0 Å². The van der Waals surface area contributed by atoms with Crippen LogP contribution < -0.4 is 0 Å². The summed E-state index contributed by atoms with van der Waals surface area (Å²) in [4.78, 5) is 24.6. The van der Waals surface area contributed by atoms with Crippen LogP contribution in [-0.4, -0.2) is 99.1 Å². The SMILES string of the molecule is C[N+](C)(C)C(O)COC(=O)c1ccccc1C(=O)OCC(O)[N+](C)(C)C. The van der Waals surface area contributed by atoms with E-state index < -0.39 is 24.4 Å². The topological polar surface area (TPSA) is 93.1 Å². The molecule has 0 aromatic heterocycles. The lowest BCUT2D eigenvalue weighted by Gasteiger charge is -2.29. The molecule has 8 heteroatoms. The van der Waals surface area contributed by atoms with E-state index in [0.717, 1.165) is 0 Å². The van der Waals surface area contributed by atoms with E-state index in [-0.39, 0.29) is 33.3 Å². The van der Waals surface area contributed by atoms with Crippen LogP contribution in [0.2, 0.25) is 0 Å². The number of carbonyl (C=O) groups is 2. The van der Waals surface area contributed by atoms with Gasteiger partial charge in [0.25, 0.3) is 0 Å². The second-order valence-electron chi connectivity index (χ2n) is 7.94. The first kappa shape index (κ1) is 22.0. The first-order valence-corrected chi connectivity index (χ1v) is 8.25. The highest BCUT2D eigenvalue weighted by Gasteiger charge is 2.26. The molecule has 0 aliphatic carbocycles. The van der Waals surface area contributed by atoms with Crippen molar-refractivity contribution in [2.75, 3.05) is 55.5 Å². The summed E-state index contributed by atoms with van der Waals surface area (Å²) < 4.78 is 10.7. The molecule has 146 valence electrons. The molecule has 1 aromatic carbocycles. The number of aliphatic hydroxyl groups excluding tert-OH is 2. The minimum Gasteiger partial charge on any atom is -0.453 e. The highest BCUT2D eigenvalue weighted by atomic mass is 16.6. The third-order valence-electron chi connectivity index (χ3n) is 3.88. The fourth-order valence-corrected chi connectivity index (χ4v) is 1.74. The predicted octanol–water partition coefficient (Wildman–Crippen LogP) is 0.0494. The van der Waals surface area contributed by atoms with E-state index in [1.807, 2.05) is 0 Å². The predicted molar refractivity (Wildman–Crippen MR) is 95.1 cm³/mol. The summed E-state index contributed by atoms with van der Waals surface area (Å²) in [7, 11) is 10.6. The molecule has 0 fully saturated rings. The van der Waals surface area contributed by atoms with Gasteiger partial charge >= 0.3 is 11.9 Å². The molecular formula is C18H30N2O6+2. The van der Waals surface area contributed by atoms with Crippen molar-refractivity contribution in [2.24, 2.45) is 0 Å². The number of hydrogen-bond acceptors (Lipinski definition) is 6. The van der Waals surface area contributed by atoms with Crippen LogP contribution in [0.5, 0.6) is 0 Å². The Balaban J connectivity index is 2.80. The van der Waals surface area contributed by atoms with Crippen molar-refractivity contribution in [3.8, 4) is 0 Å². The molecule has 0 spiro atoms. The van der Waals surface area contributed by atoms with Gasteiger partial charge < -0.3 is 28.7 Å². The molecule has 2 N–H and O–H groups in total. The maximum Gasteiger partial charge on any atom is 0.339 e. The van der Waals surface area contributed by atoms with Crippen LogP contribution >= 0.6 is 0 Å². The zero-order valence-electron chi connectivity index (χ0n) is 16.3. The number of quaternary nitrogens is 2. The number of carbonyl (C=O) groups excluding carboxylic acids is 2. The number of aliphatic hydroxyl groups is 2. The summed E-state index contributed by atoms with van der Waals surface area (Å²) in [5, 5.41) is 19.9. The molecule has 0 radical (unpaired) electrons. The average Bonchev–Trinajstić information content (AvgIpc) is 2.54. The minimum absolute atomic E-state index is 0.0471. The lowest BCUT2D eigenvalue weighted by Crippen LogP contribution is -2.48. The van der Waals surface area contributed by atoms with Crippen LogP contribution in [0.25, 0.3) is 0 Å². The smallest absolute Gasteiger partial charge is 0.339 e. The number of nitrogens with zero attached hydrogens (tertiary/aromatic N) is 2. The molecule has 26 heavy (non-hydrogen) atoms. The van der Waals surface area contributed by atoms with E-state index in [1.165, 1.54) is 12.1 Å². The van der Waals surface area contributed by atoms with E-state index in [9.17, 15) is 19.8 Å². The standard InChI is InChI=1S/C18H30N2O6/c1-19(2,3)15(21)11-25-17(23)13-9-7-8-10-14(13)18(24)26-12-16(22)20(4,5)6/h7-10,15-16,21-22H,11-12H2,1-6H3/q+2. The van der Waals surface area contributed by atoms with E-state index in [4.69, 9.17) is 9.47 Å². The van der Waals surface area contributed by atoms with E-state index in [1.54, 1.807) is 54.4 Å². The normalized spacial score (nSPS) is 14.5. The molecule has 0 bridgehead atoms. The number of ether oxygens (including phenoxy) is 2. The monoisotopic (exact) mass is 370 g/mol. The molecule has 0 heterocycles. The first-order chi connectivity index (χ1) is 11.8. The van der Waals surface area contributed by atoms with Crippen molar-refractivity contribution in [3.63, 3.8) is 0 Å². The average molecular weight is 370 g/mol. The number of rotatable bonds is 8. The Bertz CT molecular complexity index is 578. The molecule has 0 aliphatic rings. The van der Waals surface area contributed by atoms with Crippen molar-refractivity contribution in [1.29, 1.82) is 0 Å². The Hall–Kier alpha value is -2.00. The Morgan fingerprint density at radius 3 is 1.38 bits per heavy atom. The second-order valence-corrected chi connectivity index (χ2v) is 7.94. The number of esters is 2. The fourth-order valence-electron chi connectivity index (χ4n) is 1.74. The zero-order chi connectivity index (χ0) is 20.1. The molecule has 8 nitrogen and oxygen atoms in total. The zero-order valence-corrected chi connectivity index (χ0v) is 16.3. The maximum absolute atomic E-state index is 12.3. The molecule has 0 saturated heterocycles. The highest BCUT2D eigenvalue weighted by molar-refractivity contribution is 6.03. The van der Waals surface area contributed by atoms with Crippen LogP contribution in [-0.2, 0) is 9.47 Å². The summed E-state index contributed by atoms with van der Waals surface area (Å²) in [5.41, 5.74) is 0.0942. The number of likely N-dealkylation sites (N-methyl/N-ethyl adjacent to an activating group) is 2. The third-order valence-corrected chi connectivity index (χ3v) is 3.88. The molecule has 1 aromatic rings. The van der Waals surface area contributed by atoms with Crippen molar-refractivity contribution < 1.29 is 38.2 Å². The molecule has 2 unspecified atom stereocenters. The van der Waals surface area contributed by atoms with Crippen LogP contribution in [0.1, 0.15) is 20.7 Å². The summed E-state index contributed by atoms with van der Waals surface area (Å²) in [6, 6.07) is 6.11. The van der Waals surface area contributed by atoms with Crippen molar-refractivity contribution in [3.05, 3.63) is 35.4 Å². The van der Waals surface area contributed by atoms with Gasteiger partial charge in [-0.05, 0) is 12.1 Å². The Morgan fingerprint density at radius 2 is 1.12 bits per heavy atom.